The highest BCUT2D eigenvalue weighted by Crippen LogP contribution is 2.25. The summed E-state index contributed by atoms with van der Waals surface area (Å²) < 4.78 is 18.6. The maximum absolute atomic E-state index is 12.9. The summed E-state index contributed by atoms with van der Waals surface area (Å²) >= 11 is 0. The molecule has 1 aromatic carbocycles. The number of likely N-dealkylation sites (tertiary alicyclic amines) is 1. The van der Waals surface area contributed by atoms with Crippen LogP contribution in [0.1, 0.15) is 26.7 Å². The number of halogens is 1. The van der Waals surface area contributed by atoms with Gasteiger partial charge in [-0.1, -0.05) is 0 Å². The van der Waals surface area contributed by atoms with Crippen molar-refractivity contribution in [3.63, 3.8) is 0 Å². The zero-order valence-electron chi connectivity index (χ0n) is 12.5. The molecule has 0 saturated carbocycles. The first-order valence-electron chi connectivity index (χ1n) is 7.27. The minimum Gasteiger partial charge on any atom is -0.478 e. The van der Waals surface area contributed by atoms with Crippen LogP contribution in [0.4, 0.5) is 4.39 Å². The molecule has 21 heavy (non-hydrogen) atoms. The largest absolute Gasteiger partial charge is 0.478 e. The fourth-order valence-corrected chi connectivity index (χ4v) is 2.66. The molecule has 1 fully saturated rings. The van der Waals surface area contributed by atoms with Crippen LogP contribution in [0.3, 0.4) is 0 Å². The Balaban J connectivity index is 1.98. The average molecular weight is 295 g/mol. The average Bonchev–Trinajstić information content (AvgIpc) is 2.89. The summed E-state index contributed by atoms with van der Waals surface area (Å²) in [7, 11) is 0. The Hall–Kier alpha value is -1.62. The molecule has 0 aliphatic carbocycles. The van der Waals surface area contributed by atoms with Crippen LogP contribution >= 0.6 is 0 Å². The Bertz CT molecular complexity index is 487. The van der Waals surface area contributed by atoms with Gasteiger partial charge < -0.3 is 14.7 Å². The number of rotatable bonds is 5. The number of nitrogens with zero attached hydrogens (tertiary/aromatic N) is 1. The van der Waals surface area contributed by atoms with E-state index in [0.717, 1.165) is 12.8 Å². The van der Waals surface area contributed by atoms with E-state index in [4.69, 9.17) is 9.84 Å². The lowest BCUT2D eigenvalue weighted by atomic mass is 10.1. The first-order valence-corrected chi connectivity index (χ1v) is 7.27. The number of hydrogen-bond donors (Lipinski definition) is 1. The Kier molecular flexibility index (Phi) is 4.83. The zero-order valence-corrected chi connectivity index (χ0v) is 12.5. The Morgan fingerprint density at radius 2 is 2.10 bits per heavy atom. The van der Waals surface area contributed by atoms with Crippen molar-refractivity contribution < 1.29 is 19.0 Å². The van der Waals surface area contributed by atoms with Gasteiger partial charge in [-0.05, 0) is 56.9 Å². The van der Waals surface area contributed by atoms with Gasteiger partial charge in [-0.3, -0.25) is 4.79 Å². The van der Waals surface area contributed by atoms with Crippen molar-refractivity contribution in [3.8, 4) is 5.75 Å². The van der Waals surface area contributed by atoms with Crippen molar-refractivity contribution in [1.82, 2.24) is 4.90 Å². The highest BCUT2D eigenvalue weighted by Gasteiger charge is 2.37. The van der Waals surface area contributed by atoms with E-state index in [1.807, 2.05) is 0 Å². The highest BCUT2D eigenvalue weighted by molar-refractivity contribution is 5.85. The summed E-state index contributed by atoms with van der Waals surface area (Å²) in [6.07, 6.45) is 1.64. The van der Waals surface area contributed by atoms with Gasteiger partial charge in [0.25, 0.3) is 5.91 Å². The molecule has 1 unspecified atom stereocenters. The number of ether oxygens (including phenoxy) is 1. The van der Waals surface area contributed by atoms with Crippen molar-refractivity contribution in [2.24, 2.45) is 5.92 Å². The third-order valence-corrected chi connectivity index (χ3v) is 3.81. The highest BCUT2D eigenvalue weighted by atomic mass is 19.1. The number of carbonyl (C=O) groups is 1. The molecule has 0 aromatic heterocycles. The van der Waals surface area contributed by atoms with Crippen LogP contribution in [-0.2, 0) is 4.79 Å². The topological polar surface area (TPSA) is 49.8 Å². The summed E-state index contributed by atoms with van der Waals surface area (Å²) in [5.74, 6) is 0.423. The summed E-state index contributed by atoms with van der Waals surface area (Å²) in [4.78, 5) is 14.3. The normalized spacial score (nSPS) is 18.9. The van der Waals surface area contributed by atoms with E-state index in [-0.39, 0.29) is 18.3 Å². The summed E-state index contributed by atoms with van der Waals surface area (Å²) in [5, 5.41) is 8.97. The maximum atomic E-state index is 12.9. The van der Waals surface area contributed by atoms with E-state index in [0.29, 0.717) is 24.8 Å². The fraction of sp³-hybridized carbons (Fsp3) is 0.562. The van der Waals surface area contributed by atoms with Crippen LogP contribution in [0.2, 0.25) is 0 Å². The van der Waals surface area contributed by atoms with Crippen LogP contribution in [0.5, 0.6) is 5.75 Å². The van der Waals surface area contributed by atoms with E-state index in [2.05, 4.69) is 0 Å². The molecule has 1 aliphatic rings. The number of benzene rings is 1. The second-order valence-electron chi connectivity index (χ2n) is 5.98. The molecule has 1 aromatic rings. The lowest BCUT2D eigenvalue weighted by Crippen LogP contribution is -2.48. The Morgan fingerprint density at radius 1 is 1.43 bits per heavy atom. The van der Waals surface area contributed by atoms with E-state index in [1.54, 1.807) is 18.7 Å². The SMILES string of the molecule is CC(C)(Oc1ccc(F)cc1)C(=O)N1CCC(CCO)C1. The van der Waals surface area contributed by atoms with Gasteiger partial charge >= 0.3 is 0 Å². The molecule has 116 valence electrons. The van der Waals surface area contributed by atoms with Gasteiger partial charge in [-0.2, -0.15) is 0 Å². The molecule has 2 rings (SSSR count). The lowest BCUT2D eigenvalue weighted by Gasteiger charge is -2.30. The quantitative estimate of drug-likeness (QED) is 0.906. The fourth-order valence-electron chi connectivity index (χ4n) is 2.66. The monoisotopic (exact) mass is 295 g/mol. The molecular weight excluding hydrogens is 273 g/mol. The van der Waals surface area contributed by atoms with Gasteiger partial charge in [0.05, 0.1) is 0 Å². The van der Waals surface area contributed by atoms with Gasteiger partial charge in [0, 0.05) is 19.7 Å². The molecule has 1 saturated heterocycles. The second-order valence-corrected chi connectivity index (χ2v) is 5.98. The summed E-state index contributed by atoms with van der Waals surface area (Å²) in [6, 6.07) is 5.65. The smallest absolute Gasteiger partial charge is 0.266 e. The van der Waals surface area contributed by atoms with Crippen LogP contribution < -0.4 is 4.74 Å². The van der Waals surface area contributed by atoms with Gasteiger partial charge in [-0.25, -0.2) is 4.39 Å². The second kappa shape index (κ2) is 6.43. The number of aliphatic hydroxyl groups is 1. The van der Waals surface area contributed by atoms with Gasteiger partial charge in [-0.15, -0.1) is 0 Å². The first kappa shape index (κ1) is 15.8. The lowest BCUT2D eigenvalue weighted by molar-refractivity contribution is -0.144. The van der Waals surface area contributed by atoms with Crippen LogP contribution in [0.15, 0.2) is 24.3 Å². The zero-order chi connectivity index (χ0) is 15.5. The van der Waals surface area contributed by atoms with Crippen molar-refractivity contribution in [3.05, 3.63) is 30.1 Å². The number of carbonyl (C=O) groups excluding carboxylic acids is 1. The van der Waals surface area contributed by atoms with Gasteiger partial charge in [0.15, 0.2) is 5.60 Å². The van der Waals surface area contributed by atoms with Gasteiger partial charge in [0.2, 0.25) is 0 Å². The Morgan fingerprint density at radius 3 is 2.71 bits per heavy atom. The Labute approximate surface area is 124 Å². The molecule has 0 bridgehead atoms. The minimum absolute atomic E-state index is 0.0766. The van der Waals surface area contributed by atoms with Crippen molar-refractivity contribution in [2.75, 3.05) is 19.7 Å². The molecule has 5 heteroatoms. The van der Waals surface area contributed by atoms with Crippen LogP contribution in [0.25, 0.3) is 0 Å². The predicted molar refractivity (Wildman–Crippen MR) is 77.5 cm³/mol. The number of aliphatic hydroxyl groups excluding tert-OH is 1. The molecular formula is C16H22FNO3. The van der Waals surface area contributed by atoms with Crippen LogP contribution in [0, 0.1) is 11.7 Å². The molecule has 1 heterocycles. The van der Waals surface area contributed by atoms with Crippen molar-refractivity contribution in [1.29, 1.82) is 0 Å². The van der Waals surface area contributed by atoms with Crippen molar-refractivity contribution in [2.45, 2.75) is 32.3 Å². The molecule has 1 aliphatic heterocycles. The molecule has 1 atom stereocenters. The van der Waals surface area contributed by atoms with E-state index < -0.39 is 5.60 Å². The number of amides is 1. The third-order valence-electron chi connectivity index (χ3n) is 3.81. The van der Waals surface area contributed by atoms with E-state index >= 15 is 0 Å². The van der Waals surface area contributed by atoms with Gasteiger partial charge in [0.1, 0.15) is 11.6 Å². The number of hydrogen-bond acceptors (Lipinski definition) is 3. The molecule has 1 N–H and O–H groups in total. The summed E-state index contributed by atoms with van der Waals surface area (Å²) in [6.45, 7) is 4.95. The molecule has 0 spiro atoms. The van der Waals surface area contributed by atoms with Crippen molar-refractivity contribution >= 4 is 5.91 Å². The molecule has 4 nitrogen and oxygen atoms in total. The first-order chi connectivity index (χ1) is 9.92. The van der Waals surface area contributed by atoms with Crippen LogP contribution in [-0.4, -0.2) is 41.2 Å². The summed E-state index contributed by atoms with van der Waals surface area (Å²) in [5.41, 5.74) is -0.994. The third kappa shape index (κ3) is 3.94. The predicted octanol–water partition coefficient (Wildman–Crippen LogP) is 2.21. The van der Waals surface area contributed by atoms with E-state index in [9.17, 15) is 9.18 Å². The minimum atomic E-state index is -0.994. The molecule has 0 radical (unpaired) electrons. The standard InChI is InChI=1S/C16H22FNO3/c1-16(2,21-14-5-3-13(17)4-6-14)15(20)18-9-7-12(11-18)8-10-19/h3-6,12,19H,7-11H2,1-2H3. The maximum Gasteiger partial charge on any atom is 0.266 e. The molecule has 1 amide bonds. The van der Waals surface area contributed by atoms with E-state index in [1.165, 1.54) is 24.3 Å².